The zero-order valence-corrected chi connectivity index (χ0v) is 9.93. The lowest BCUT2D eigenvalue weighted by Gasteiger charge is -2.52. The summed E-state index contributed by atoms with van der Waals surface area (Å²) in [5.74, 6) is 2.23. The average molecular weight is 207 g/mol. The summed E-state index contributed by atoms with van der Waals surface area (Å²) in [6.07, 6.45) is 13.8. The number of nitrogens with one attached hydrogen (secondary N) is 1. The van der Waals surface area contributed by atoms with E-state index < -0.39 is 0 Å². The van der Waals surface area contributed by atoms with Gasteiger partial charge in [-0.2, -0.15) is 0 Å². The first kappa shape index (κ1) is 10.1. The van der Waals surface area contributed by atoms with Crippen LogP contribution in [-0.2, 0) is 0 Å². The molecule has 1 heteroatoms. The molecule has 1 saturated heterocycles. The van der Waals surface area contributed by atoms with Gasteiger partial charge in [-0.25, -0.2) is 0 Å². The van der Waals surface area contributed by atoms with E-state index in [4.69, 9.17) is 0 Å². The predicted octanol–water partition coefficient (Wildman–Crippen LogP) is 3.35. The van der Waals surface area contributed by atoms with Crippen LogP contribution in [0.15, 0.2) is 0 Å². The topological polar surface area (TPSA) is 12.0 Å². The van der Waals surface area contributed by atoms with Gasteiger partial charge in [0.25, 0.3) is 0 Å². The van der Waals surface area contributed by atoms with Crippen molar-refractivity contribution >= 4 is 0 Å². The predicted molar refractivity (Wildman–Crippen MR) is 63.8 cm³/mol. The van der Waals surface area contributed by atoms with E-state index in [-0.39, 0.29) is 0 Å². The van der Waals surface area contributed by atoms with Crippen molar-refractivity contribution in [3.63, 3.8) is 0 Å². The highest BCUT2D eigenvalue weighted by atomic mass is 14.9. The molecule has 1 nitrogen and oxygen atoms in total. The van der Waals surface area contributed by atoms with Crippen LogP contribution in [-0.4, -0.2) is 13.1 Å². The van der Waals surface area contributed by atoms with Crippen LogP contribution in [0.1, 0.15) is 57.8 Å². The second-order valence-electron chi connectivity index (χ2n) is 6.16. The first-order valence-corrected chi connectivity index (χ1v) is 7.11. The van der Waals surface area contributed by atoms with Crippen LogP contribution in [0.5, 0.6) is 0 Å². The molecule has 0 unspecified atom stereocenters. The summed E-state index contributed by atoms with van der Waals surface area (Å²) in [5.41, 5.74) is 0.786. The molecule has 1 heterocycles. The number of fused-ring (bicyclic) bond motifs is 2. The van der Waals surface area contributed by atoms with E-state index in [1.807, 2.05) is 0 Å². The molecule has 0 aromatic rings. The molecule has 2 atom stereocenters. The molecular weight excluding hydrogens is 182 g/mol. The van der Waals surface area contributed by atoms with Crippen molar-refractivity contribution < 1.29 is 0 Å². The van der Waals surface area contributed by atoms with Crippen molar-refractivity contribution in [2.75, 3.05) is 13.1 Å². The standard InChI is InChI=1S/C14H25N/c1-2-6-13-12(4-1)5-3-7-14(13)8-10-15-11-9-14/h12-13,15H,1-11H2/t12-,13+/m1/s1. The smallest absolute Gasteiger partial charge is 0.00435 e. The van der Waals surface area contributed by atoms with Gasteiger partial charge in [0.2, 0.25) is 0 Å². The summed E-state index contributed by atoms with van der Waals surface area (Å²) in [4.78, 5) is 0. The van der Waals surface area contributed by atoms with Crippen LogP contribution in [0.2, 0.25) is 0 Å². The SMILES string of the molecule is C1CC[C@H]2[C@H](C1)CCCC21CCNCC1. The molecule has 0 amide bonds. The summed E-state index contributed by atoms with van der Waals surface area (Å²) in [6, 6.07) is 0. The number of piperidine rings is 1. The first-order chi connectivity index (χ1) is 7.41. The van der Waals surface area contributed by atoms with Crippen molar-refractivity contribution in [2.24, 2.45) is 17.3 Å². The summed E-state index contributed by atoms with van der Waals surface area (Å²) in [7, 11) is 0. The van der Waals surface area contributed by atoms with E-state index in [1.54, 1.807) is 25.7 Å². The van der Waals surface area contributed by atoms with Crippen molar-refractivity contribution in [1.82, 2.24) is 5.32 Å². The maximum absolute atomic E-state index is 3.55. The third-order valence-electron chi connectivity index (χ3n) is 5.54. The Kier molecular flexibility index (Phi) is 2.76. The molecule has 3 aliphatic rings. The largest absolute Gasteiger partial charge is 0.317 e. The highest BCUT2D eigenvalue weighted by molar-refractivity contribution is 4.97. The van der Waals surface area contributed by atoms with Crippen LogP contribution in [0, 0.1) is 17.3 Å². The second kappa shape index (κ2) is 4.08. The first-order valence-electron chi connectivity index (χ1n) is 7.11. The molecule has 0 aromatic heterocycles. The second-order valence-corrected chi connectivity index (χ2v) is 6.16. The number of hydrogen-bond acceptors (Lipinski definition) is 1. The van der Waals surface area contributed by atoms with E-state index in [0.717, 1.165) is 17.3 Å². The van der Waals surface area contributed by atoms with E-state index >= 15 is 0 Å². The monoisotopic (exact) mass is 207 g/mol. The van der Waals surface area contributed by atoms with Gasteiger partial charge >= 0.3 is 0 Å². The van der Waals surface area contributed by atoms with E-state index in [0.29, 0.717) is 0 Å². The molecule has 86 valence electrons. The van der Waals surface area contributed by atoms with Crippen molar-refractivity contribution in [2.45, 2.75) is 57.8 Å². The van der Waals surface area contributed by atoms with Gasteiger partial charge in [-0.1, -0.05) is 32.1 Å². The van der Waals surface area contributed by atoms with Gasteiger partial charge in [0.1, 0.15) is 0 Å². The Hall–Kier alpha value is -0.0400. The molecule has 0 radical (unpaired) electrons. The summed E-state index contributed by atoms with van der Waals surface area (Å²) in [5, 5.41) is 3.55. The molecule has 2 saturated carbocycles. The molecule has 0 bridgehead atoms. The van der Waals surface area contributed by atoms with Crippen LogP contribution >= 0.6 is 0 Å². The molecule has 3 fully saturated rings. The summed E-state index contributed by atoms with van der Waals surface area (Å²) < 4.78 is 0. The normalized spacial score (nSPS) is 40.0. The Morgan fingerprint density at radius 2 is 1.53 bits per heavy atom. The zero-order valence-electron chi connectivity index (χ0n) is 9.93. The Balaban J connectivity index is 1.79. The molecule has 1 spiro atoms. The third-order valence-corrected chi connectivity index (χ3v) is 5.54. The minimum absolute atomic E-state index is 0.786. The highest BCUT2D eigenvalue weighted by Gasteiger charge is 2.45. The number of hydrogen-bond donors (Lipinski definition) is 1. The molecular formula is C14H25N. The number of rotatable bonds is 0. The molecule has 2 aliphatic carbocycles. The van der Waals surface area contributed by atoms with Gasteiger partial charge in [-0.05, 0) is 56.0 Å². The van der Waals surface area contributed by atoms with E-state index in [1.165, 1.54) is 45.2 Å². The lowest BCUT2D eigenvalue weighted by Crippen LogP contribution is -2.47. The van der Waals surface area contributed by atoms with Crippen molar-refractivity contribution in [3.8, 4) is 0 Å². The van der Waals surface area contributed by atoms with Crippen LogP contribution in [0.4, 0.5) is 0 Å². The zero-order chi connectivity index (χ0) is 10.1. The van der Waals surface area contributed by atoms with Gasteiger partial charge in [0, 0.05) is 0 Å². The van der Waals surface area contributed by atoms with Gasteiger partial charge < -0.3 is 5.32 Å². The van der Waals surface area contributed by atoms with Gasteiger partial charge in [0.15, 0.2) is 0 Å². The van der Waals surface area contributed by atoms with Gasteiger partial charge in [0.05, 0.1) is 0 Å². The highest BCUT2D eigenvalue weighted by Crippen LogP contribution is 2.54. The van der Waals surface area contributed by atoms with Crippen LogP contribution in [0.3, 0.4) is 0 Å². The quantitative estimate of drug-likeness (QED) is 0.642. The average Bonchev–Trinajstić information content (AvgIpc) is 2.31. The minimum atomic E-state index is 0.786. The fourth-order valence-electron chi connectivity index (χ4n) is 4.81. The van der Waals surface area contributed by atoms with Crippen LogP contribution in [0.25, 0.3) is 0 Å². The van der Waals surface area contributed by atoms with E-state index in [9.17, 15) is 0 Å². The Labute approximate surface area is 94.0 Å². The van der Waals surface area contributed by atoms with Gasteiger partial charge in [-0.3, -0.25) is 0 Å². The maximum atomic E-state index is 3.55. The lowest BCUT2D eigenvalue weighted by atomic mass is 9.54. The maximum Gasteiger partial charge on any atom is -0.00435 e. The van der Waals surface area contributed by atoms with E-state index in [2.05, 4.69) is 5.32 Å². The van der Waals surface area contributed by atoms with Gasteiger partial charge in [-0.15, -0.1) is 0 Å². The Morgan fingerprint density at radius 3 is 2.40 bits per heavy atom. The summed E-state index contributed by atoms with van der Waals surface area (Å²) >= 11 is 0. The minimum Gasteiger partial charge on any atom is -0.317 e. The summed E-state index contributed by atoms with van der Waals surface area (Å²) in [6.45, 7) is 2.59. The Bertz CT molecular complexity index is 210. The molecule has 3 rings (SSSR count). The fourth-order valence-corrected chi connectivity index (χ4v) is 4.81. The van der Waals surface area contributed by atoms with Crippen molar-refractivity contribution in [3.05, 3.63) is 0 Å². The lowest BCUT2D eigenvalue weighted by molar-refractivity contribution is -0.0121. The fraction of sp³-hybridized carbons (Fsp3) is 1.00. The molecule has 1 aliphatic heterocycles. The third kappa shape index (κ3) is 1.73. The molecule has 15 heavy (non-hydrogen) atoms. The molecule has 1 N–H and O–H groups in total. The van der Waals surface area contributed by atoms with Crippen molar-refractivity contribution in [1.29, 1.82) is 0 Å². The van der Waals surface area contributed by atoms with Crippen LogP contribution < -0.4 is 5.32 Å². The molecule has 0 aromatic carbocycles. The Morgan fingerprint density at radius 1 is 0.800 bits per heavy atom.